The van der Waals surface area contributed by atoms with Crippen LogP contribution in [0.5, 0.6) is 5.88 Å². The lowest BCUT2D eigenvalue weighted by Crippen LogP contribution is -2.51. The first-order valence-corrected chi connectivity index (χ1v) is 6.60. The molecule has 0 radical (unpaired) electrons. The van der Waals surface area contributed by atoms with E-state index in [9.17, 15) is 29.1 Å². The molecule has 1 fully saturated rings. The van der Waals surface area contributed by atoms with E-state index in [1.54, 1.807) is 6.92 Å². The topological polar surface area (TPSA) is 170 Å². The van der Waals surface area contributed by atoms with Gasteiger partial charge in [-0.15, -0.1) is 0 Å². The lowest BCUT2D eigenvalue weighted by atomic mass is 10.1. The van der Waals surface area contributed by atoms with Gasteiger partial charge in [0.15, 0.2) is 0 Å². The van der Waals surface area contributed by atoms with Gasteiger partial charge < -0.3 is 9.84 Å². The quantitative estimate of drug-likeness (QED) is 0.251. The van der Waals surface area contributed by atoms with Crippen LogP contribution in [-0.2, 0) is 14.3 Å². The van der Waals surface area contributed by atoms with Gasteiger partial charge in [-0.25, -0.2) is 9.59 Å². The monoisotopic (exact) mass is 336 g/mol. The number of aromatic amines is 2. The molecular formula is C13H12N4O7. The summed E-state index contributed by atoms with van der Waals surface area (Å²) >= 11 is 0. The van der Waals surface area contributed by atoms with Crippen LogP contribution in [0.3, 0.4) is 0 Å². The van der Waals surface area contributed by atoms with Crippen molar-refractivity contribution in [2.75, 3.05) is 6.61 Å². The molecule has 11 nitrogen and oxygen atoms in total. The molecule has 0 spiro atoms. The first kappa shape index (κ1) is 16.7. The van der Waals surface area contributed by atoms with Crippen molar-refractivity contribution in [1.29, 1.82) is 0 Å². The second kappa shape index (κ2) is 6.64. The number of allylic oxidation sites excluding steroid dienone is 1. The number of ether oxygens (including phenoxy) is 1. The second-order valence-electron chi connectivity index (χ2n) is 4.45. The Hall–Kier alpha value is -3.63. The molecule has 126 valence electrons. The SMILES string of the molecule is CCO/C(C=C1C(=O)NC(=O)NC1=O)=C\c1c(O)[nH]c(=O)[nH]c1=O. The average molecular weight is 336 g/mol. The Bertz CT molecular complexity index is 868. The summed E-state index contributed by atoms with van der Waals surface area (Å²) in [4.78, 5) is 61.0. The molecule has 0 aromatic carbocycles. The van der Waals surface area contributed by atoms with E-state index in [2.05, 4.69) is 0 Å². The van der Waals surface area contributed by atoms with Gasteiger partial charge in [0.2, 0.25) is 5.88 Å². The summed E-state index contributed by atoms with van der Waals surface area (Å²) in [6.45, 7) is 1.72. The lowest BCUT2D eigenvalue weighted by molar-refractivity contribution is -0.124. The number of aromatic hydroxyl groups is 1. The van der Waals surface area contributed by atoms with Crippen LogP contribution in [0.1, 0.15) is 12.5 Å². The third kappa shape index (κ3) is 3.58. The molecular weight excluding hydrogens is 324 g/mol. The van der Waals surface area contributed by atoms with E-state index in [0.717, 1.165) is 12.2 Å². The van der Waals surface area contributed by atoms with Gasteiger partial charge in [0.05, 0.1) is 6.61 Å². The van der Waals surface area contributed by atoms with Crippen LogP contribution >= 0.6 is 0 Å². The fraction of sp³-hybridized carbons (Fsp3) is 0.154. The van der Waals surface area contributed by atoms with Crippen molar-refractivity contribution in [2.24, 2.45) is 0 Å². The third-order valence-corrected chi connectivity index (χ3v) is 2.79. The van der Waals surface area contributed by atoms with E-state index >= 15 is 0 Å². The van der Waals surface area contributed by atoms with Crippen LogP contribution in [0.4, 0.5) is 4.79 Å². The van der Waals surface area contributed by atoms with E-state index in [-0.39, 0.29) is 17.9 Å². The molecule has 0 unspecified atom stereocenters. The number of urea groups is 1. The van der Waals surface area contributed by atoms with E-state index in [4.69, 9.17) is 4.74 Å². The molecule has 1 aromatic heterocycles. The first-order valence-electron chi connectivity index (χ1n) is 6.60. The highest BCUT2D eigenvalue weighted by atomic mass is 16.5. The van der Waals surface area contributed by atoms with Crippen LogP contribution in [0.15, 0.2) is 27.0 Å². The number of nitrogens with one attached hydrogen (secondary N) is 4. The maximum Gasteiger partial charge on any atom is 0.328 e. The number of H-pyrrole nitrogens is 2. The summed E-state index contributed by atoms with van der Waals surface area (Å²) in [6, 6.07) is -0.959. The maximum atomic E-state index is 11.7. The van der Waals surface area contributed by atoms with E-state index in [1.165, 1.54) is 0 Å². The van der Waals surface area contributed by atoms with Crippen LogP contribution in [0, 0.1) is 0 Å². The smallest absolute Gasteiger partial charge is 0.328 e. The Morgan fingerprint density at radius 2 is 1.71 bits per heavy atom. The second-order valence-corrected chi connectivity index (χ2v) is 4.45. The van der Waals surface area contributed by atoms with Gasteiger partial charge in [0, 0.05) is 0 Å². The zero-order chi connectivity index (χ0) is 17.9. The third-order valence-electron chi connectivity index (χ3n) is 2.79. The van der Waals surface area contributed by atoms with Crippen molar-refractivity contribution in [3.05, 3.63) is 43.8 Å². The zero-order valence-electron chi connectivity index (χ0n) is 12.3. The van der Waals surface area contributed by atoms with Crippen LogP contribution in [0.25, 0.3) is 6.08 Å². The standard InChI is InChI=1S/C13H12N4O7/c1-2-24-5(3-6-8(18)14-12(22)15-9(6)19)4-7-10(20)16-13(23)17-11(7)21/h3-4H,2H2,1H3,(H2,14,15,18,19,22)(H3,16,17,20,21,23)/b5-4-. The van der Waals surface area contributed by atoms with Crippen molar-refractivity contribution in [3.8, 4) is 5.88 Å². The largest absolute Gasteiger partial charge is 0.494 e. The number of hydrogen-bond acceptors (Lipinski definition) is 7. The molecule has 0 saturated carbocycles. The molecule has 2 heterocycles. The minimum atomic E-state index is -0.959. The van der Waals surface area contributed by atoms with Crippen molar-refractivity contribution in [1.82, 2.24) is 20.6 Å². The van der Waals surface area contributed by atoms with Crippen molar-refractivity contribution in [2.45, 2.75) is 6.92 Å². The molecule has 5 N–H and O–H groups in total. The van der Waals surface area contributed by atoms with Crippen LogP contribution in [0.2, 0.25) is 0 Å². The van der Waals surface area contributed by atoms with Crippen molar-refractivity contribution in [3.63, 3.8) is 0 Å². The van der Waals surface area contributed by atoms with Gasteiger partial charge in [-0.3, -0.25) is 35.0 Å². The Balaban J connectivity index is 2.51. The van der Waals surface area contributed by atoms with Crippen LogP contribution in [-0.4, -0.2) is 39.5 Å². The van der Waals surface area contributed by atoms with Crippen molar-refractivity contribution < 1.29 is 24.2 Å². The Morgan fingerprint density at radius 1 is 1.08 bits per heavy atom. The number of barbiturate groups is 1. The van der Waals surface area contributed by atoms with Gasteiger partial charge in [-0.1, -0.05) is 0 Å². The minimum absolute atomic E-state index is 0.111. The number of rotatable bonds is 4. The molecule has 1 aliphatic heterocycles. The summed E-state index contributed by atoms with van der Waals surface area (Å²) in [6.07, 6.45) is 2.02. The van der Waals surface area contributed by atoms with E-state index in [1.807, 2.05) is 20.6 Å². The van der Waals surface area contributed by atoms with E-state index < -0.39 is 40.5 Å². The number of imide groups is 2. The molecule has 2 rings (SSSR count). The Morgan fingerprint density at radius 3 is 2.25 bits per heavy atom. The average Bonchev–Trinajstić information content (AvgIpc) is 2.46. The van der Waals surface area contributed by atoms with Gasteiger partial charge >= 0.3 is 11.7 Å². The first-order chi connectivity index (χ1) is 11.3. The summed E-state index contributed by atoms with van der Waals surface area (Å²) in [5.74, 6) is -2.74. The predicted octanol–water partition coefficient (Wildman–Crippen LogP) is -1.56. The number of hydrogen-bond donors (Lipinski definition) is 5. The van der Waals surface area contributed by atoms with Crippen molar-refractivity contribution >= 4 is 23.9 Å². The van der Waals surface area contributed by atoms with Gasteiger partial charge in [-0.05, 0) is 19.1 Å². The summed E-state index contributed by atoms with van der Waals surface area (Å²) in [5.41, 5.74) is -2.59. The normalized spacial score (nSPS) is 15.0. The van der Waals surface area contributed by atoms with Gasteiger partial charge in [-0.2, -0.15) is 0 Å². The highest BCUT2D eigenvalue weighted by Crippen LogP contribution is 2.15. The predicted molar refractivity (Wildman–Crippen MR) is 78.7 cm³/mol. The molecule has 0 aliphatic carbocycles. The van der Waals surface area contributed by atoms with Crippen LogP contribution < -0.4 is 21.9 Å². The number of carbonyl (C=O) groups is 3. The number of carbonyl (C=O) groups excluding carboxylic acids is 3. The molecule has 24 heavy (non-hydrogen) atoms. The summed E-state index contributed by atoms with van der Waals surface area (Å²) in [7, 11) is 0. The maximum absolute atomic E-state index is 11.7. The highest BCUT2D eigenvalue weighted by Gasteiger charge is 2.28. The lowest BCUT2D eigenvalue weighted by Gasteiger charge is -2.14. The Labute approximate surface area is 133 Å². The molecule has 0 bridgehead atoms. The van der Waals surface area contributed by atoms with Gasteiger partial charge in [0.25, 0.3) is 17.4 Å². The molecule has 11 heteroatoms. The van der Waals surface area contributed by atoms with Gasteiger partial charge in [0.1, 0.15) is 16.9 Å². The summed E-state index contributed by atoms with van der Waals surface area (Å²) < 4.78 is 5.20. The molecule has 4 amide bonds. The summed E-state index contributed by atoms with van der Waals surface area (Å²) in [5, 5.41) is 13.4. The number of aromatic nitrogens is 2. The van der Waals surface area contributed by atoms with E-state index in [0.29, 0.717) is 0 Å². The fourth-order valence-electron chi connectivity index (χ4n) is 1.80. The fourth-order valence-corrected chi connectivity index (χ4v) is 1.80. The minimum Gasteiger partial charge on any atom is -0.494 e. The molecule has 1 aliphatic rings. The number of amides is 4. The molecule has 1 saturated heterocycles. The molecule has 0 atom stereocenters. The Kier molecular flexibility index (Phi) is 4.63. The molecule has 1 aromatic rings. The zero-order valence-corrected chi connectivity index (χ0v) is 12.3. The highest BCUT2D eigenvalue weighted by molar-refractivity contribution is 6.29.